The van der Waals surface area contributed by atoms with Crippen molar-refractivity contribution in [2.24, 2.45) is 0 Å². The van der Waals surface area contributed by atoms with Crippen molar-refractivity contribution in [1.29, 1.82) is 0 Å². The first-order valence-electron chi connectivity index (χ1n) is 5.79. The van der Waals surface area contributed by atoms with Crippen molar-refractivity contribution < 1.29 is 9.26 Å². The van der Waals surface area contributed by atoms with E-state index in [1.807, 2.05) is 6.07 Å². The fourth-order valence-electron chi connectivity index (χ4n) is 1.80. The molecule has 0 bridgehead atoms. The lowest BCUT2D eigenvalue weighted by Gasteiger charge is -2.03. The van der Waals surface area contributed by atoms with Gasteiger partial charge in [-0.25, -0.2) is 0 Å². The molecule has 0 saturated carbocycles. The van der Waals surface area contributed by atoms with E-state index in [1.165, 1.54) is 10.4 Å². The average molecular weight is 251 g/mol. The second kappa shape index (κ2) is 4.92. The van der Waals surface area contributed by atoms with Crippen LogP contribution in [-0.4, -0.2) is 12.3 Å². The topological polar surface area (TPSA) is 35.3 Å². The molecule has 92 valence electrons. The Labute approximate surface area is 105 Å². The number of nitrogens with zero attached hydrogens (tertiary/aromatic N) is 1. The predicted octanol–water partition coefficient (Wildman–Crippen LogP) is 4.10. The van der Waals surface area contributed by atoms with Crippen molar-refractivity contribution in [3.63, 3.8) is 0 Å². The maximum atomic E-state index is 5.27. The summed E-state index contributed by atoms with van der Waals surface area (Å²) >= 11 is 1.78. The van der Waals surface area contributed by atoms with Crippen LogP contribution in [0, 0.1) is 0 Å². The number of thiophene rings is 1. The fraction of sp³-hybridized carbons (Fsp3) is 0.462. The SMILES string of the molecule is CCc1sc(-c2cc(OC)no2)cc1C(C)C. The molecule has 2 heterocycles. The molecule has 3 nitrogen and oxygen atoms in total. The molecule has 17 heavy (non-hydrogen) atoms. The van der Waals surface area contributed by atoms with Crippen LogP contribution >= 0.6 is 11.3 Å². The van der Waals surface area contributed by atoms with Gasteiger partial charge in [0.25, 0.3) is 5.88 Å². The van der Waals surface area contributed by atoms with Crippen LogP contribution in [0.15, 0.2) is 16.7 Å². The summed E-state index contributed by atoms with van der Waals surface area (Å²) < 4.78 is 10.3. The normalized spacial score (nSPS) is 11.1. The standard InChI is InChI=1S/C13H17NO2S/c1-5-11-9(8(2)3)6-12(17-11)10-7-13(15-4)14-16-10/h6-8H,5H2,1-4H3. The number of aryl methyl sites for hydroxylation is 1. The molecular weight excluding hydrogens is 234 g/mol. The van der Waals surface area contributed by atoms with E-state index in [0.29, 0.717) is 11.8 Å². The van der Waals surface area contributed by atoms with Crippen molar-refractivity contribution >= 4 is 11.3 Å². The summed E-state index contributed by atoms with van der Waals surface area (Å²) in [5, 5.41) is 3.83. The molecular formula is C13H17NO2S. The van der Waals surface area contributed by atoms with Gasteiger partial charge in [0, 0.05) is 4.88 Å². The molecule has 0 atom stereocenters. The maximum absolute atomic E-state index is 5.27. The van der Waals surface area contributed by atoms with Gasteiger partial charge in [-0.05, 0) is 29.1 Å². The van der Waals surface area contributed by atoms with Crippen LogP contribution in [0.2, 0.25) is 0 Å². The molecule has 0 saturated heterocycles. The molecule has 0 aromatic carbocycles. The molecule has 0 spiro atoms. The molecule has 0 unspecified atom stereocenters. The monoisotopic (exact) mass is 251 g/mol. The first-order valence-corrected chi connectivity index (χ1v) is 6.61. The Balaban J connectivity index is 2.39. The number of aromatic nitrogens is 1. The number of hydrogen-bond donors (Lipinski definition) is 0. The molecule has 0 fully saturated rings. The summed E-state index contributed by atoms with van der Waals surface area (Å²) in [7, 11) is 1.59. The van der Waals surface area contributed by atoms with Gasteiger partial charge in [0.05, 0.1) is 18.1 Å². The molecule has 0 amide bonds. The molecule has 0 N–H and O–H groups in total. The minimum atomic E-state index is 0.526. The Kier molecular flexibility index (Phi) is 3.52. The second-order valence-electron chi connectivity index (χ2n) is 4.23. The van der Waals surface area contributed by atoms with E-state index in [2.05, 4.69) is 32.0 Å². The summed E-state index contributed by atoms with van der Waals surface area (Å²) in [6, 6.07) is 4.03. The first kappa shape index (κ1) is 12.2. The van der Waals surface area contributed by atoms with Gasteiger partial charge in [0.2, 0.25) is 0 Å². The highest BCUT2D eigenvalue weighted by Gasteiger charge is 2.15. The zero-order chi connectivity index (χ0) is 12.4. The fourth-order valence-corrected chi connectivity index (χ4v) is 3.01. The molecule has 2 aromatic heterocycles. The van der Waals surface area contributed by atoms with E-state index < -0.39 is 0 Å². The Morgan fingerprint density at radius 2 is 2.18 bits per heavy atom. The lowest BCUT2D eigenvalue weighted by molar-refractivity contribution is 0.343. The highest BCUT2D eigenvalue weighted by atomic mass is 32.1. The van der Waals surface area contributed by atoms with Gasteiger partial charge < -0.3 is 9.26 Å². The first-order chi connectivity index (χ1) is 8.15. The summed E-state index contributed by atoms with van der Waals surface area (Å²) in [4.78, 5) is 2.55. The number of rotatable bonds is 4. The lowest BCUT2D eigenvalue weighted by Crippen LogP contribution is -1.87. The van der Waals surface area contributed by atoms with E-state index in [4.69, 9.17) is 9.26 Å². The van der Waals surface area contributed by atoms with Crippen LogP contribution in [0.5, 0.6) is 5.88 Å². The van der Waals surface area contributed by atoms with Crippen LogP contribution < -0.4 is 4.74 Å². The lowest BCUT2D eigenvalue weighted by atomic mass is 10.0. The summed E-state index contributed by atoms with van der Waals surface area (Å²) in [5.41, 5.74) is 1.41. The minimum Gasteiger partial charge on any atom is -0.479 e. The van der Waals surface area contributed by atoms with E-state index in [-0.39, 0.29) is 0 Å². The molecule has 2 aromatic rings. The van der Waals surface area contributed by atoms with Crippen LogP contribution in [0.4, 0.5) is 0 Å². The van der Waals surface area contributed by atoms with Crippen molar-refractivity contribution in [1.82, 2.24) is 5.16 Å². The molecule has 4 heteroatoms. The van der Waals surface area contributed by atoms with E-state index in [0.717, 1.165) is 17.1 Å². The Morgan fingerprint density at radius 3 is 2.65 bits per heavy atom. The molecule has 0 radical (unpaired) electrons. The Bertz CT molecular complexity index is 499. The van der Waals surface area contributed by atoms with Crippen LogP contribution in [0.3, 0.4) is 0 Å². The summed E-state index contributed by atoms with van der Waals surface area (Å²) in [6.07, 6.45) is 1.06. The third-order valence-electron chi connectivity index (χ3n) is 2.73. The average Bonchev–Trinajstić information content (AvgIpc) is 2.94. The largest absolute Gasteiger partial charge is 0.479 e. The van der Waals surface area contributed by atoms with Crippen molar-refractivity contribution in [3.05, 3.63) is 22.6 Å². The minimum absolute atomic E-state index is 0.526. The highest BCUT2D eigenvalue weighted by Crippen LogP contribution is 2.36. The second-order valence-corrected chi connectivity index (χ2v) is 5.37. The molecule has 0 aliphatic rings. The maximum Gasteiger partial charge on any atom is 0.254 e. The van der Waals surface area contributed by atoms with E-state index in [9.17, 15) is 0 Å². The summed E-state index contributed by atoms with van der Waals surface area (Å²) in [6.45, 7) is 6.61. The van der Waals surface area contributed by atoms with Gasteiger partial charge in [0.1, 0.15) is 0 Å². The number of hydrogen-bond acceptors (Lipinski definition) is 4. The van der Waals surface area contributed by atoms with Crippen molar-refractivity contribution in [2.45, 2.75) is 33.1 Å². The molecule has 2 rings (SSSR count). The van der Waals surface area contributed by atoms with Crippen LogP contribution in [0.25, 0.3) is 10.6 Å². The van der Waals surface area contributed by atoms with Gasteiger partial charge in [-0.1, -0.05) is 20.8 Å². The van der Waals surface area contributed by atoms with E-state index >= 15 is 0 Å². The third kappa shape index (κ3) is 2.36. The molecule has 0 aliphatic carbocycles. The Morgan fingerprint density at radius 1 is 1.41 bits per heavy atom. The molecule has 0 aliphatic heterocycles. The quantitative estimate of drug-likeness (QED) is 0.820. The van der Waals surface area contributed by atoms with Crippen molar-refractivity contribution in [2.75, 3.05) is 7.11 Å². The zero-order valence-electron chi connectivity index (χ0n) is 10.6. The van der Waals surface area contributed by atoms with Gasteiger partial charge in [0.15, 0.2) is 5.76 Å². The van der Waals surface area contributed by atoms with Gasteiger partial charge >= 0.3 is 0 Å². The zero-order valence-corrected chi connectivity index (χ0v) is 11.4. The highest BCUT2D eigenvalue weighted by molar-refractivity contribution is 7.15. The number of ether oxygens (including phenoxy) is 1. The van der Waals surface area contributed by atoms with Gasteiger partial charge in [-0.3, -0.25) is 0 Å². The smallest absolute Gasteiger partial charge is 0.254 e. The van der Waals surface area contributed by atoms with Gasteiger partial charge in [-0.2, -0.15) is 0 Å². The number of methoxy groups -OCH3 is 1. The van der Waals surface area contributed by atoms with Crippen molar-refractivity contribution in [3.8, 4) is 16.5 Å². The predicted molar refractivity (Wildman–Crippen MR) is 69.8 cm³/mol. The van der Waals surface area contributed by atoms with Crippen LogP contribution in [0.1, 0.15) is 37.1 Å². The third-order valence-corrected chi connectivity index (χ3v) is 4.04. The van der Waals surface area contributed by atoms with Gasteiger partial charge in [-0.15, -0.1) is 11.3 Å². The van der Waals surface area contributed by atoms with E-state index in [1.54, 1.807) is 18.4 Å². The van der Waals surface area contributed by atoms with Crippen LogP contribution in [-0.2, 0) is 6.42 Å². The Hall–Kier alpha value is -1.29. The summed E-state index contributed by atoms with van der Waals surface area (Å²) in [5.74, 6) is 1.85.